The molecule has 0 spiro atoms. The summed E-state index contributed by atoms with van der Waals surface area (Å²) < 4.78 is 118. The highest BCUT2D eigenvalue weighted by molar-refractivity contribution is 5.70. The Hall–Kier alpha value is -2.70. The molecule has 2 aromatic rings. The average molecular weight is 396 g/mol. The SMILES string of the molecule is N#Cc1ccccc1-c1[c]ccc(C(F)(C(F)(F)F)C(F)(F)C(F)(F)F)c1. The highest BCUT2D eigenvalue weighted by atomic mass is 19.4. The summed E-state index contributed by atoms with van der Waals surface area (Å²) in [4.78, 5) is 0. The zero-order valence-electron chi connectivity index (χ0n) is 12.9. The summed E-state index contributed by atoms with van der Waals surface area (Å²) >= 11 is 0. The number of benzene rings is 2. The van der Waals surface area contributed by atoms with E-state index in [1.165, 1.54) is 24.3 Å². The van der Waals surface area contributed by atoms with E-state index in [0.717, 1.165) is 0 Å². The van der Waals surface area contributed by atoms with Crippen molar-refractivity contribution in [2.45, 2.75) is 23.9 Å². The molecule has 0 fully saturated rings. The van der Waals surface area contributed by atoms with Crippen LogP contribution in [-0.2, 0) is 5.67 Å². The molecule has 0 N–H and O–H groups in total. The molecule has 1 unspecified atom stereocenters. The Balaban J connectivity index is 2.76. The van der Waals surface area contributed by atoms with Crippen LogP contribution in [0.4, 0.5) is 39.5 Å². The van der Waals surface area contributed by atoms with Gasteiger partial charge in [0.15, 0.2) is 0 Å². The molecule has 2 rings (SSSR count). The maximum atomic E-state index is 14.5. The summed E-state index contributed by atoms with van der Waals surface area (Å²) in [5.41, 5.74) is -8.68. The van der Waals surface area contributed by atoms with E-state index in [-0.39, 0.29) is 23.3 Å². The van der Waals surface area contributed by atoms with Crippen LogP contribution in [0.3, 0.4) is 0 Å². The van der Waals surface area contributed by atoms with Crippen LogP contribution in [0.1, 0.15) is 11.1 Å². The van der Waals surface area contributed by atoms with Crippen molar-refractivity contribution in [2.24, 2.45) is 0 Å². The standard InChI is InChI=1S/C17H7F9N/c18-14(16(21,22)23,15(19,20)17(24,25)26)12-6-3-5-10(8-12)13-7-2-1-4-11(13)9-27/h1-4,6-8H. The van der Waals surface area contributed by atoms with Crippen LogP contribution in [0.15, 0.2) is 42.5 Å². The molecular weight excluding hydrogens is 389 g/mol. The Bertz CT molecular complexity index is 877. The van der Waals surface area contributed by atoms with Crippen molar-refractivity contribution in [3.05, 3.63) is 59.7 Å². The normalized spacial score (nSPS) is 15.1. The number of alkyl halides is 9. The van der Waals surface area contributed by atoms with Crippen LogP contribution in [-0.4, -0.2) is 18.3 Å². The monoisotopic (exact) mass is 396 g/mol. The molecule has 0 saturated heterocycles. The van der Waals surface area contributed by atoms with Crippen molar-refractivity contribution < 1.29 is 39.5 Å². The molecule has 27 heavy (non-hydrogen) atoms. The van der Waals surface area contributed by atoms with Gasteiger partial charge in [-0.3, -0.25) is 0 Å². The van der Waals surface area contributed by atoms with Crippen LogP contribution < -0.4 is 0 Å². The van der Waals surface area contributed by atoms with Gasteiger partial charge in [-0.2, -0.15) is 40.4 Å². The van der Waals surface area contributed by atoms with Crippen LogP contribution in [0, 0.1) is 17.4 Å². The van der Waals surface area contributed by atoms with E-state index in [9.17, 15) is 39.5 Å². The molecule has 0 aliphatic rings. The topological polar surface area (TPSA) is 23.8 Å². The molecule has 0 aliphatic heterocycles. The molecule has 143 valence electrons. The van der Waals surface area contributed by atoms with E-state index in [2.05, 4.69) is 6.07 Å². The number of nitrogens with zero attached hydrogens (tertiary/aromatic N) is 1. The van der Waals surface area contributed by atoms with Crippen LogP contribution in [0.25, 0.3) is 11.1 Å². The van der Waals surface area contributed by atoms with Crippen molar-refractivity contribution in [1.29, 1.82) is 5.26 Å². The molecule has 1 radical (unpaired) electrons. The van der Waals surface area contributed by atoms with Crippen molar-refractivity contribution >= 4 is 0 Å². The predicted octanol–water partition coefficient (Wildman–Crippen LogP) is 5.95. The third-order valence-electron chi connectivity index (χ3n) is 3.72. The molecule has 1 nitrogen and oxygen atoms in total. The largest absolute Gasteiger partial charge is 0.457 e. The molecule has 0 saturated carbocycles. The Morgan fingerprint density at radius 2 is 1.41 bits per heavy atom. The van der Waals surface area contributed by atoms with E-state index < -0.39 is 35.1 Å². The van der Waals surface area contributed by atoms with Gasteiger partial charge in [-0.15, -0.1) is 0 Å². The van der Waals surface area contributed by atoms with Crippen molar-refractivity contribution in [2.75, 3.05) is 0 Å². The fraction of sp³-hybridized carbons (Fsp3) is 0.235. The predicted molar refractivity (Wildman–Crippen MR) is 75.3 cm³/mol. The van der Waals surface area contributed by atoms with E-state index in [1.54, 1.807) is 6.07 Å². The first-order valence-corrected chi connectivity index (χ1v) is 6.99. The van der Waals surface area contributed by atoms with E-state index in [4.69, 9.17) is 5.26 Å². The summed E-state index contributed by atoms with van der Waals surface area (Å²) in [6.45, 7) is 0. The first-order valence-electron chi connectivity index (χ1n) is 6.99. The van der Waals surface area contributed by atoms with Gasteiger partial charge in [-0.25, -0.2) is 4.39 Å². The maximum Gasteiger partial charge on any atom is 0.457 e. The van der Waals surface area contributed by atoms with Gasteiger partial charge >= 0.3 is 23.9 Å². The summed E-state index contributed by atoms with van der Waals surface area (Å²) in [7, 11) is 0. The third-order valence-corrected chi connectivity index (χ3v) is 3.72. The second-order valence-corrected chi connectivity index (χ2v) is 5.38. The summed E-state index contributed by atoms with van der Waals surface area (Å²) in [5, 5.41) is 8.99. The molecule has 1 atom stereocenters. The van der Waals surface area contributed by atoms with E-state index in [1.807, 2.05) is 0 Å². The molecule has 0 aliphatic carbocycles. The average Bonchev–Trinajstić information content (AvgIpc) is 2.59. The fourth-order valence-electron chi connectivity index (χ4n) is 2.37. The van der Waals surface area contributed by atoms with Crippen molar-refractivity contribution in [1.82, 2.24) is 0 Å². The number of hydrogen-bond acceptors (Lipinski definition) is 1. The summed E-state index contributed by atoms with van der Waals surface area (Å²) in [5.74, 6) is -6.76. The quantitative estimate of drug-likeness (QED) is 0.589. The summed E-state index contributed by atoms with van der Waals surface area (Å²) in [6, 6.07) is 10.0. The summed E-state index contributed by atoms with van der Waals surface area (Å²) in [6.07, 6.45) is -13.4. The molecule has 0 heterocycles. The first kappa shape index (κ1) is 20.6. The molecule has 0 aromatic heterocycles. The lowest BCUT2D eigenvalue weighted by Gasteiger charge is -2.36. The molecule has 0 bridgehead atoms. The van der Waals surface area contributed by atoms with Crippen molar-refractivity contribution in [3.8, 4) is 17.2 Å². The van der Waals surface area contributed by atoms with Gasteiger partial charge in [0.05, 0.1) is 11.6 Å². The molecule has 10 heteroatoms. The minimum absolute atomic E-state index is 0.110. The van der Waals surface area contributed by atoms with Gasteiger partial charge in [0.1, 0.15) is 0 Å². The minimum Gasteiger partial charge on any atom is -0.221 e. The zero-order valence-corrected chi connectivity index (χ0v) is 12.9. The second-order valence-electron chi connectivity index (χ2n) is 5.38. The van der Waals surface area contributed by atoms with Crippen LogP contribution >= 0.6 is 0 Å². The number of nitriles is 1. The Labute approximate surface area is 146 Å². The van der Waals surface area contributed by atoms with E-state index >= 15 is 0 Å². The zero-order chi connectivity index (χ0) is 20.7. The van der Waals surface area contributed by atoms with Gasteiger partial charge in [-0.1, -0.05) is 30.3 Å². The van der Waals surface area contributed by atoms with Gasteiger partial charge < -0.3 is 0 Å². The molecular formula is C17H7F9N. The maximum absolute atomic E-state index is 14.5. The van der Waals surface area contributed by atoms with Gasteiger partial charge in [0.2, 0.25) is 0 Å². The smallest absolute Gasteiger partial charge is 0.221 e. The molecule has 0 amide bonds. The molecule has 2 aromatic carbocycles. The van der Waals surface area contributed by atoms with E-state index in [0.29, 0.717) is 6.07 Å². The third kappa shape index (κ3) is 3.22. The van der Waals surface area contributed by atoms with Gasteiger partial charge in [-0.05, 0) is 23.8 Å². The van der Waals surface area contributed by atoms with Crippen molar-refractivity contribution in [3.63, 3.8) is 0 Å². The lowest BCUT2D eigenvalue weighted by Crippen LogP contribution is -2.59. The van der Waals surface area contributed by atoms with Crippen LogP contribution in [0.2, 0.25) is 0 Å². The Morgan fingerprint density at radius 1 is 0.815 bits per heavy atom. The Morgan fingerprint density at radius 3 is 1.93 bits per heavy atom. The van der Waals surface area contributed by atoms with Crippen LogP contribution in [0.5, 0.6) is 0 Å². The lowest BCUT2D eigenvalue weighted by molar-refractivity contribution is -0.389. The fourth-order valence-corrected chi connectivity index (χ4v) is 2.37. The number of hydrogen-bond donors (Lipinski definition) is 0. The first-order chi connectivity index (χ1) is 12.3. The minimum atomic E-state index is -6.80. The highest BCUT2D eigenvalue weighted by Gasteiger charge is 2.81. The van der Waals surface area contributed by atoms with Gasteiger partial charge in [0, 0.05) is 11.1 Å². The highest BCUT2D eigenvalue weighted by Crippen LogP contribution is 2.58. The Kier molecular flexibility index (Phi) is 4.94. The second kappa shape index (κ2) is 6.48. The number of halogens is 9. The number of rotatable bonds is 3. The van der Waals surface area contributed by atoms with Gasteiger partial charge in [0.25, 0.3) is 0 Å². The lowest BCUT2D eigenvalue weighted by atomic mass is 9.85.